The molecule has 2 rings (SSSR count). The molecule has 9 nitrogen and oxygen atoms in total. The van der Waals surface area contributed by atoms with Gasteiger partial charge in [0.25, 0.3) is 5.91 Å². The Kier molecular flexibility index (Phi) is 5.93. The van der Waals surface area contributed by atoms with Crippen LogP contribution in [-0.4, -0.2) is 26.2 Å². The minimum Gasteiger partial charge on any atom is -0.397 e. The van der Waals surface area contributed by atoms with Crippen molar-refractivity contribution in [3.05, 3.63) is 48.5 Å². The van der Waals surface area contributed by atoms with Crippen molar-refractivity contribution in [1.82, 2.24) is 5.43 Å². The van der Waals surface area contributed by atoms with Crippen LogP contribution >= 0.6 is 0 Å². The van der Waals surface area contributed by atoms with Crippen molar-refractivity contribution in [2.24, 2.45) is 5.14 Å². The lowest BCUT2D eigenvalue weighted by Gasteiger charge is -2.18. The SMILES string of the molecule is CC(=O)C(NNc1ccccc1N)C(=O)Nc1ccc(S(N)(=O)=O)cc1. The molecule has 7 N–H and O–H groups in total. The highest BCUT2D eigenvalue weighted by Gasteiger charge is 2.23. The van der Waals surface area contributed by atoms with E-state index in [1.165, 1.54) is 31.2 Å². The number of nitrogen functional groups attached to an aromatic ring is 1. The van der Waals surface area contributed by atoms with E-state index >= 15 is 0 Å². The maximum atomic E-state index is 12.3. The number of hydrogen-bond acceptors (Lipinski definition) is 7. The molecular weight excluding hydrogens is 358 g/mol. The largest absolute Gasteiger partial charge is 0.397 e. The zero-order valence-electron chi connectivity index (χ0n) is 13.9. The van der Waals surface area contributed by atoms with E-state index in [1.807, 2.05) is 0 Å². The highest BCUT2D eigenvalue weighted by atomic mass is 32.2. The van der Waals surface area contributed by atoms with Crippen molar-refractivity contribution in [3.8, 4) is 0 Å². The molecule has 0 aliphatic rings. The first-order valence-corrected chi connectivity index (χ1v) is 9.03. The molecule has 138 valence electrons. The summed E-state index contributed by atoms with van der Waals surface area (Å²) in [5.74, 6) is -1.05. The highest BCUT2D eigenvalue weighted by molar-refractivity contribution is 7.89. The summed E-state index contributed by atoms with van der Waals surface area (Å²) in [5.41, 5.74) is 12.4. The number of primary sulfonamides is 1. The van der Waals surface area contributed by atoms with Gasteiger partial charge < -0.3 is 16.5 Å². The molecule has 1 amide bonds. The maximum Gasteiger partial charge on any atom is 0.250 e. The van der Waals surface area contributed by atoms with Crippen molar-refractivity contribution in [3.63, 3.8) is 0 Å². The predicted molar refractivity (Wildman–Crippen MR) is 98.5 cm³/mol. The fourth-order valence-electron chi connectivity index (χ4n) is 2.05. The average molecular weight is 377 g/mol. The summed E-state index contributed by atoms with van der Waals surface area (Å²) in [5, 5.41) is 7.54. The number of amides is 1. The van der Waals surface area contributed by atoms with E-state index in [9.17, 15) is 18.0 Å². The third-order valence-corrected chi connectivity index (χ3v) is 4.36. The van der Waals surface area contributed by atoms with Gasteiger partial charge in [0.1, 0.15) is 0 Å². The Morgan fingerprint density at radius 2 is 1.65 bits per heavy atom. The van der Waals surface area contributed by atoms with Gasteiger partial charge in [0, 0.05) is 5.69 Å². The molecule has 1 atom stereocenters. The molecule has 0 spiro atoms. The number of Topliss-reactive ketones (excluding diaryl/α,β-unsaturated/α-hetero) is 1. The monoisotopic (exact) mass is 377 g/mol. The summed E-state index contributed by atoms with van der Waals surface area (Å²) in [7, 11) is -3.82. The van der Waals surface area contributed by atoms with Gasteiger partial charge in [0.05, 0.1) is 16.3 Å². The van der Waals surface area contributed by atoms with Crippen molar-refractivity contribution in [1.29, 1.82) is 0 Å². The van der Waals surface area contributed by atoms with Gasteiger partial charge in [-0.3, -0.25) is 9.59 Å². The summed E-state index contributed by atoms with van der Waals surface area (Å²) >= 11 is 0. The minimum absolute atomic E-state index is 0.0852. The topological polar surface area (TPSA) is 156 Å². The first-order valence-electron chi connectivity index (χ1n) is 7.48. The summed E-state index contributed by atoms with van der Waals surface area (Å²) in [6.45, 7) is 1.26. The van der Waals surface area contributed by atoms with Gasteiger partial charge in [-0.15, -0.1) is 0 Å². The number of benzene rings is 2. The minimum atomic E-state index is -3.82. The molecule has 0 radical (unpaired) electrons. The standard InChI is InChI=1S/C16H19N5O4S/c1-10(22)15(21-20-14-5-3-2-4-13(14)17)16(23)19-11-6-8-12(9-7-11)26(18,24)25/h2-9,15,20-21H,17H2,1H3,(H,19,23)(H2,18,24,25). The smallest absolute Gasteiger partial charge is 0.250 e. The van der Waals surface area contributed by atoms with Crippen molar-refractivity contribution < 1.29 is 18.0 Å². The number of hydrogen-bond donors (Lipinski definition) is 5. The van der Waals surface area contributed by atoms with Crippen molar-refractivity contribution in [2.45, 2.75) is 17.9 Å². The van der Waals surface area contributed by atoms with E-state index in [1.54, 1.807) is 24.3 Å². The van der Waals surface area contributed by atoms with E-state index in [2.05, 4.69) is 16.2 Å². The number of nitrogens with two attached hydrogens (primary N) is 2. The first-order chi connectivity index (χ1) is 12.2. The quantitative estimate of drug-likeness (QED) is 0.266. The number of sulfonamides is 1. The van der Waals surface area contributed by atoms with Gasteiger partial charge in [-0.05, 0) is 43.3 Å². The van der Waals surface area contributed by atoms with Crippen LogP contribution in [0, 0.1) is 0 Å². The molecule has 0 aromatic heterocycles. The van der Waals surface area contributed by atoms with Gasteiger partial charge in [-0.25, -0.2) is 19.0 Å². The van der Waals surface area contributed by atoms with Crippen LogP contribution in [0.25, 0.3) is 0 Å². The lowest BCUT2D eigenvalue weighted by molar-refractivity contribution is -0.127. The molecule has 0 aliphatic carbocycles. The van der Waals surface area contributed by atoms with Crippen LogP contribution in [-0.2, 0) is 19.6 Å². The van der Waals surface area contributed by atoms with Crippen LogP contribution in [0.5, 0.6) is 0 Å². The lowest BCUT2D eigenvalue weighted by atomic mass is 10.2. The predicted octanol–water partition coefficient (Wildman–Crippen LogP) is 0.429. The number of para-hydroxylation sites is 2. The number of carbonyl (C=O) groups excluding carboxylic acids is 2. The number of rotatable bonds is 7. The average Bonchev–Trinajstić information content (AvgIpc) is 2.56. The van der Waals surface area contributed by atoms with Crippen molar-refractivity contribution in [2.75, 3.05) is 16.5 Å². The maximum absolute atomic E-state index is 12.3. The fraction of sp³-hybridized carbons (Fsp3) is 0.125. The third kappa shape index (κ3) is 5.02. The molecule has 2 aromatic carbocycles. The number of nitrogens with one attached hydrogen (secondary N) is 3. The van der Waals surface area contributed by atoms with E-state index in [-0.39, 0.29) is 4.90 Å². The Morgan fingerprint density at radius 3 is 2.19 bits per heavy atom. The molecule has 0 saturated carbocycles. The van der Waals surface area contributed by atoms with E-state index < -0.39 is 27.8 Å². The fourth-order valence-corrected chi connectivity index (χ4v) is 2.57. The van der Waals surface area contributed by atoms with E-state index in [0.29, 0.717) is 17.1 Å². The second kappa shape index (κ2) is 7.95. The van der Waals surface area contributed by atoms with E-state index in [4.69, 9.17) is 10.9 Å². The Bertz CT molecular complexity index is 912. The van der Waals surface area contributed by atoms with Gasteiger partial charge in [-0.1, -0.05) is 12.1 Å². The second-order valence-electron chi connectivity index (χ2n) is 5.46. The Morgan fingerprint density at radius 1 is 1.04 bits per heavy atom. The molecular formula is C16H19N5O4S. The molecule has 0 aliphatic heterocycles. The number of ketones is 1. The summed E-state index contributed by atoms with van der Waals surface area (Å²) in [6.07, 6.45) is 0. The highest BCUT2D eigenvalue weighted by Crippen LogP contribution is 2.16. The Hall–Kier alpha value is -2.95. The summed E-state index contributed by atoms with van der Waals surface area (Å²) in [4.78, 5) is 24.0. The van der Waals surface area contributed by atoms with Crippen LogP contribution in [0.4, 0.5) is 17.1 Å². The van der Waals surface area contributed by atoms with Gasteiger partial charge in [-0.2, -0.15) is 0 Å². The zero-order chi connectivity index (χ0) is 19.3. The first kappa shape index (κ1) is 19.4. The van der Waals surface area contributed by atoms with E-state index in [0.717, 1.165) is 0 Å². The van der Waals surface area contributed by atoms with Gasteiger partial charge >= 0.3 is 0 Å². The molecule has 0 fully saturated rings. The molecule has 10 heteroatoms. The molecule has 0 bridgehead atoms. The van der Waals surface area contributed by atoms with Gasteiger partial charge in [0.2, 0.25) is 10.0 Å². The molecule has 0 saturated heterocycles. The molecule has 0 heterocycles. The van der Waals surface area contributed by atoms with Gasteiger partial charge in [0.15, 0.2) is 11.8 Å². The van der Waals surface area contributed by atoms with Crippen LogP contribution in [0.3, 0.4) is 0 Å². The number of anilines is 3. The van der Waals surface area contributed by atoms with Crippen LogP contribution in [0.2, 0.25) is 0 Å². The number of hydrazine groups is 1. The molecule has 26 heavy (non-hydrogen) atoms. The third-order valence-electron chi connectivity index (χ3n) is 3.43. The lowest BCUT2D eigenvalue weighted by Crippen LogP contribution is -2.48. The Labute approximate surface area is 150 Å². The Balaban J connectivity index is 2.06. The second-order valence-corrected chi connectivity index (χ2v) is 7.02. The van der Waals surface area contributed by atoms with Crippen LogP contribution in [0.15, 0.2) is 53.4 Å². The summed E-state index contributed by atoms with van der Waals surface area (Å²) < 4.78 is 22.5. The number of carbonyl (C=O) groups is 2. The summed E-state index contributed by atoms with van der Waals surface area (Å²) in [6, 6.07) is 10.9. The molecule has 1 unspecified atom stereocenters. The van der Waals surface area contributed by atoms with Crippen LogP contribution < -0.4 is 27.0 Å². The van der Waals surface area contributed by atoms with Crippen LogP contribution in [0.1, 0.15) is 6.92 Å². The molecule has 2 aromatic rings. The van der Waals surface area contributed by atoms with Crippen molar-refractivity contribution >= 4 is 38.8 Å². The zero-order valence-corrected chi connectivity index (χ0v) is 14.7. The normalized spacial score (nSPS) is 12.2.